The van der Waals surface area contributed by atoms with Crippen molar-refractivity contribution in [2.24, 2.45) is 0 Å². The van der Waals surface area contributed by atoms with Gasteiger partial charge in [0.1, 0.15) is 11.6 Å². The topological polar surface area (TPSA) is 46.6 Å². The molecule has 4 nitrogen and oxygen atoms in total. The van der Waals surface area contributed by atoms with Crippen LogP contribution in [-0.4, -0.2) is 24.2 Å². The van der Waals surface area contributed by atoms with E-state index >= 15 is 0 Å². The van der Waals surface area contributed by atoms with Crippen molar-refractivity contribution in [2.45, 2.75) is 17.7 Å². The molecule has 0 spiro atoms. The largest absolute Gasteiger partial charge is 0.426 e. The number of ether oxygens (including phenoxy) is 1. The maximum Gasteiger partial charge on any atom is 0.321 e. The van der Waals surface area contributed by atoms with Crippen LogP contribution in [0.4, 0.5) is 10.1 Å². The van der Waals surface area contributed by atoms with Gasteiger partial charge in [0.15, 0.2) is 0 Å². The molecule has 0 aliphatic carbocycles. The van der Waals surface area contributed by atoms with Crippen molar-refractivity contribution in [2.75, 3.05) is 17.2 Å². The van der Waals surface area contributed by atoms with Crippen LogP contribution in [0.5, 0.6) is 5.75 Å². The van der Waals surface area contributed by atoms with Crippen LogP contribution in [0.3, 0.4) is 0 Å². The molecule has 1 aliphatic rings. The number of amides is 1. The highest BCUT2D eigenvalue weighted by atomic mass is 32.2. The van der Waals surface area contributed by atoms with Crippen LogP contribution in [0.2, 0.25) is 0 Å². The number of benzene rings is 2. The number of esters is 1. The number of nitrogens with zero attached hydrogens (tertiary/aromatic N) is 1. The third-order valence-corrected chi connectivity index (χ3v) is 4.66. The Balaban J connectivity index is 1.55. The lowest BCUT2D eigenvalue weighted by Gasteiger charge is -2.15. The van der Waals surface area contributed by atoms with E-state index in [1.165, 1.54) is 6.07 Å². The van der Waals surface area contributed by atoms with Crippen molar-refractivity contribution >= 4 is 29.3 Å². The van der Waals surface area contributed by atoms with Crippen LogP contribution in [0.25, 0.3) is 0 Å². The van der Waals surface area contributed by atoms with E-state index in [0.717, 1.165) is 30.4 Å². The molecule has 1 heterocycles. The van der Waals surface area contributed by atoms with Gasteiger partial charge in [0.2, 0.25) is 5.91 Å². The Hall–Kier alpha value is -2.34. The Morgan fingerprint density at radius 2 is 1.92 bits per heavy atom. The molecule has 6 heteroatoms. The van der Waals surface area contributed by atoms with Gasteiger partial charge in [-0.05, 0) is 42.8 Å². The van der Waals surface area contributed by atoms with Gasteiger partial charge in [0, 0.05) is 23.5 Å². The minimum Gasteiger partial charge on any atom is -0.426 e. The molecule has 124 valence electrons. The summed E-state index contributed by atoms with van der Waals surface area (Å²) in [5.74, 6) is -0.262. The molecule has 0 N–H and O–H groups in total. The Morgan fingerprint density at radius 3 is 2.58 bits per heavy atom. The van der Waals surface area contributed by atoms with Crippen LogP contribution in [-0.2, 0) is 9.59 Å². The fourth-order valence-electron chi connectivity index (χ4n) is 2.47. The zero-order valence-corrected chi connectivity index (χ0v) is 13.7. The summed E-state index contributed by atoms with van der Waals surface area (Å²) in [4.78, 5) is 25.7. The second-order valence-corrected chi connectivity index (χ2v) is 6.35. The summed E-state index contributed by atoms with van der Waals surface area (Å²) in [6.45, 7) is 0.719. The lowest BCUT2D eigenvalue weighted by molar-refractivity contribution is -0.131. The molecule has 0 radical (unpaired) electrons. The van der Waals surface area contributed by atoms with Crippen molar-refractivity contribution in [3.05, 3.63) is 54.3 Å². The summed E-state index contributed by atoms with van der Waals surface area (Å²) in [7, 11) is 0. The predicted molar refractivity (Wildman–Crippen MR) is 90.8 cm³/mol. The van der Waals surface area contributed by atoms with Crippen LogP contribution in [0.15, 0.2) is 53.4 Å². The van der Waals surface area contributed by atoms with Gasteiger partial charge in [0.05, 0.1) is 5.75 Å². The molecule has 2 aromatic carbocycles. The molecule has 0 aromatic heterocycles. The molecular weight excluding hydrogens is 329 g/mol. The van der Waals surface area contributed by atoms with Gasteiger partial charge in [-0.1, -0.05) is 12.1 Å². The van der Waals surface area contributed by atoms with Gasteiger partial charge in [-0.25, -0.2) is 4.39 Å². The number of hydrogen-bond donors (Lipinski definition) is 0. The predicted octanol–water partition coefficient (Wildman–Crippen LogP) is 3.65. The number of rotatable bonds is 5. The van der Waals surface area contributed by atoms with E-state index in [1.807, 2.05) is 0 Å². The molecule has 1 saturated heterocycles. The third kappa shape index (κ3) is 3.94. The highest BCUT2D eigenvalue weighted by Crippen LogP contribution is 2.25. The first-order valence-corrected chi connectivity index (χ1v) is 8.60. The molecule has 1 aliphatic heterocycles. The zero-order valence-electron chi connectivity index (χ0n) is 12.9. The van der Waals surface area contributed by atoms with Crippen molar-refractivity contribution in [1.82, 2.24) is 0 Å². The van der Waals surface area contributed by atoms with E-state index in [1.54, 1.807) is 47.4 Å². The summed E-state index contributed by atoms with van der Waals surface area (Å²) >= 11 is 1.10. The van der Waals surface area contributed by atoms with Gasteiger partial charge in [0.25, 0.3) is 0 Å². The van der Waals surface area contributed by atoms with Gasteiger partial charge in [-0.3, -0.25) is 9.59 Å². The van der Waals surface area contributed by atoms with Crippen molar-refractivity contribution in [3.8, 4) is 5.75 Å². The number of halogens is 1. The standard InChI is InChI=1S/C18H16FNO3S/c19-15-4-1-2-5-16(15)24-12-18(22)23-14-9-7-13(8-10-14)20-11-3-6-17(20)21/h1-2,4-5,7-10H,3,6,11-12H2. The van der Waals surface area contributed by atoms with Gasteiger partial charge in [-0.15, -0.1) is 11.8 Å². The Kier molecular flexibility index (Phi) is 5.15. The summed E-state index contributed by atoms with van der Waals surface area (Å²) < 4.78 is 18.7. The van der Waals surface area contributed by atoms with Crippen molar-refractivity contribution in [3.63, 3.8) is 0 Å². The number of thioether (sulfide) groups is 1. The second kappa shape index (κ2) is 7.49. The van der Waals surface area contributed by atoms with Crippen LogP contribution < -0.4 is 9.64 Å². The molecule has 2 aromatic rings. The number of hydrogen-bond acceptors (Lipinski definition) is 4. The van der Waals surface area contributed by atoms with Crippen LogP contribution >= 0.6 is 11.8 Å². The Labute approximate surface area is 143 Å². The van der Waals surface area contributed by atoms with Gasteiger partial charge < -0.3 is 9.64 Å². The molecule has 0 unspecified atom stereocenters. The fraction of sp³-hybridized carbons (Fsp3) is 0.222. The highest BCUT2D eigenvalue weighted by molar-refractivity contribution is 8.00. The molecule has 1 fully saturated rings. The minimum absolute atomic E-state index is 0.0211. The third-order valence-electron chi connectivity index (χ3n) is 3.64. The first-order chi connectivity index (χ1) is 11.6. The maximum absolute atomic E-state index is 13.5. The molecule has 0 bridgehead atoms. The van der Waals surface area contributed by atoms with E-state index in [9.17, 15) is 14.0 Å². The lowest BCUT2D eigenvalue weighted by atomic mass is 10.3. The molecular formula is C18H16FNO3S. The second-order valence-electron chi connectivity index (χ2n) is 5.34. The van der Waals surface area contributed by atoms with Crippen LogP contribution in [0.1, 0.15) is 12.8 Å². The highest BCUT2D eigenvalue weighted by Gasteiger charge is 2.21. The summed E-state index contributed by atoms with van der Waals surface area (Å²) in [6.07, 6.45) is 1.44. The van der Waals surface area contributed by atoms with Gasteiger partial charge >= 0.3 is 5.97 Å². The monoisotopic (exact) mass is 345 g/mol. The zero-order chi connectivity index (χ0) is 16.9. The fourth-order valence-corrected chi connectivity index (χ4v) is 3.19. The normalized spacial score (nSPS) is 14.0. The van der Waals surface area contributed by atoms with Crippen LogP contribution in [0, 0.1) is 5.82 Å². The van der Waals surface area contributed by atoms with E-state index in [0.29, 0.717) is 17.1 Å². The number of anilines is 1. The van der Waals surface area contributed by atoms with Crippen molar-refractivity contribution in [1.29, 1.82) is 0 Å². The first kappa shape index (κ1) is 16.5. The molecule has 3 rings (SSSR count). The van der Waals surface area contributed by atoms with Gasteiger partial charge in [-0.2, -0.15) is 0 Å². The Bertz CT molecular complexity index is 748. The average molecular weight is 345 g/mol. The molecule has 0 atom stereocenters. The molecule has 1 amide bonds. The quantitative estimate of drug-likeness (QED) is 0.471. The molecule has 24 heavy (non-hydrogen) atoms. The number of carbonyl (C=O) groups is 2. The summed E-state index contributed by atoms with van der Waals surface area (Å²) in [6, 6.07) is 13.1. The summed E-state index contributed by atoms with van der Waals surface area (Å²) in [5.41, 5.74) is 0.804. The van der Waals surface area contributed by atoms with Crippen molar-refractivity contribution < 1.29 is 18.7 Å². The summed E-state index contributed by atoms with van der Waals surface area (Å²) in [5, 5.41) is 0. The lowest BCUT2D eigenvalue weighted by Crippen LogP contribution is -2.23. The number of carbonyl (C=O) groups excluding carboxylic acids is 2. The SMILES string of the molecule is O=C(CSc1ccccc1F)Oc1ccc(N2CCCC2=O)cc1. The van der Waals surface area contributed by atoms with E-state index in [-0.39, 0.29) is 17.5 Å². The first-order valence-electron chi connectivity index (χ1n) is 7.62. The van der Waals surface area contributed by atoms with E-state index in [4.69, 9.17) is 4.74 Å². The smallest absolute Gasteiger partial charge is 0.321 e. The van der Waals surface area contributed by atoms with E-state index in [2.05, 4.69) is 0 Å². The maximum atomic E-state index is 13.5. The molecule has 0 saturated carbocycles. The minimum atomic E-state index is -0.451. The Morgan fingerprint density at radius 1 is 1.17 bits per heavy atom. The van der Waals surface area contributed by atoms with E-state index < -0.39 is 5.97 Å². The average Bonchev–Trinajstić information content (AvgIpc) is 3.01.